The van der Waals surface area contributed by atoms with Crippen molar-refractivity contribution >= 4 is 17.7 Å². The lowest BCUT2D eigenvalue weighted by atomic mass is 9.87. The molecule has 42 heavy (non-hydrogen) atoms. The maximum atomic E-state index is 15.2. The molecule has 216 valence electrons. The fourth-order valence-electron chi connectivity index (χ4n) is 6.05. The van der Waals surface area contributed by atoms with Crippen molar-refractivity contribution in [2.75, 3.05) is 18.8 Å². The number of nitrogen functional groups attached to an aromatic ring is 1. The lowest BCUT2D eigenvalue weighted by Gasteiger charge is -2.35. The molecule has 0 radical (unpaired) electrons. The summed E-state index contributed by atoms with van der Waals surface area (Å²) >= 11 is 0. The smallest absolute Gasteiger partial charge is 0.194 e. The number of fused-ring (bicyclic) bond motifs is 1. The minimum Gasteiger partial charge on any atom is -0.454 e. The van der Waals surface area contributed by atoms with Gasteiger partial charge in [-0.3, -0.25) is 4.79 Å². The zero-order chi connectivity index (χ0) is 29.5. The molecule has 1 aliphatic heterocycles. The Morgan fingerprint density at radius 1 is 1.05 bits per heavy atom. The van der Waals surface area contributed by atoms with Crippen molar-refractivity contribution in [1.29, 1.82) is 0 Å². The van der Waals surface area contributed by atoms with Crippen LogP contribution in [0.5, 0.6) is 11.5 Å². The third-order valence-electron chi connectivity index (χ3n) is 8.47. The molecule has 6 nitrogen and oxygen atoms in total. The van der Waals surface area contributed by atoms with Crippen LogP contribution in [-0.4, -0.2) is 39.6 Å². The van der Waals surface area contributed by atoms with Gasteiger partial charge in [0.25, 0.3) is 0 Å². The van der Waals surface area contributed by atoms with Gasteiger partial charge in [0.15, 0.2) is 17.3 Å². The normalized spacial score (nSPS) is 15.6. The van der Waals surface area contributed by atoms with Crippen molar-refractivity contribution in [2.45, 2.75) is 52.0 Å². The van der Waals surface area contributed by atoms with Crippen molar-refractivity contribution < 1.29 is 18.3 Å². The lowest BCUT2D eigenvalue weighted by Crippen LogP contribution is -2.38. The Balaban J connectivity index is 1.20. The van der Waals surface area contributed by atoms with E-state index in [0.29, 0.717) is 35.0 Å². The number of allylic oxidation sites excluding steroid dienone is 1. The van der Waals surface area contributed by atoms with Gasteiger partial charge in [-0.25, -0.2) is 13.5 Å². The number of ketones is 1. The minimum absolute atomic E-state index is 0.130. The molecule has 6 rings (SSSR count). The summed E-state index contributed by atoms with van der Waals surface area (Å²) in [5, 5.41) is 4.40. The Hall–Kier alpha value is -4.30. The van der Waals surface area contributed by atoms with E-state index in [-0.39, 0.29) is 29.1 Å². The second-order valence-electron chi connectivity index (χ2n) is 11.5. The number of rotatable bonds is 7. The SMILES string of the molecule is Cc1cc(Oc2ccccc2F)ccc1-n1ncc(C(=O)C2=Cc3cc(C4CCN(C(C)C)CC4)c(F)cc3C2)c1N. The number of likely N-dealkylation sites (tertiary alicyclic amines) is 1. The summed E-state index contributed by atoms with van der Waals surface area (Å²) in [5.74, 6) is 0.127. The van der Waals surface area contributed by atoms with E-state index in [2.05, 4.69) is 23.8 Å². The van der Waals surface area contributed by atoms with Crippen LogP contribution in [0.4, 0.5) is 14.6 Å². The van der Waals surface area contributed by atoms with Gasteiger partial charge in [-0.1, -0.05) is 12.1 Å². The van der Waals surface area contributed by atoms with Crippen LogP contribution in [0.3, 0.4) is 0 Å². The Kier molecular flexibility index (Phi) is 7.41. The molecule has 1 fully saturated rings. The van der Waals surface area contributed by atoms with Crippen LogP contribution >= 0.6 is 0 Å². The molecular weight excluding hydrogens is 534 g/mol. The van der Waals surface area contributed by atoms with E-state index in [1.165, 1.54) is 16.9 Å². The molecule has 8 heteroatoms. The van der Waals surface area contributed by atoms with Gasteiger partial charge in [0.1, 0.15) is 17.4 Å². The fraction of sp³-hybridized carbons (Fsp3) is 0.294. The second-order valence-corrected chi connectivity index (χ2v) is 11.5. The third-order valence-corrected chi connectivity index (χ3v) is 8.47. The number of aryl methyl sites for hydroxylation is 1. The molecule has 1 saturated heterocycles. The van der Waals surface area contributed by atoms with Gasteiger partial charge < -0.3 is 15.4 Å². The quantitative estimate of drug-likeness (QED) is 0.238. The molecule has 0 amide bonds. The van der Waals surface area contributed by atoms with E-state index < -0.39 is 5.82 Å². The van der Waals surface area contributed by atoms with Crippen LogP contribution in [0.25, 0.3) is 11.8 Å². The van der Waals surface area contributed by atoms with E-state index in [4.69, 9.17) is 10.5 Å². The van der Waals surface area contributed by atoms with Crippen molar-refractivity contribution in [2.24, 2.45) is 0 Å². The predicted octanol–water partition coefficient (Wildman–Crippen LogP) is 7.24. The number of carbonyl (C=O) groups excluding carboxylic acids is 1. The van der Waals surface area contributed by atoms with Gasteiger partial charge in [-0.05, 0) is 123 Å². The number of aromatic nitrogens is 2. The topological polar surface area (TPSA) is 73.4 Å². The number of hydrogen-bond acceptors (Lipinski definition) is 5. The van der Waals surface area contributed by atoms with E-state index in [9.17, 15) is 9.18 Å². The monoisotopic (exact) mass is 568 g/mol. The van der Waals surface area contributed by atoms with Crippen LogP contribution in [0.1, 0.15) is 65.2 Å². The van der Waals surface area contributed by atoms with Gasteiger partial charge in [0.2, 0.25) is 0 Å². The standard InChI is InChI=1S/C34H34F2N4O2/c1-20(2)39-12-10-22(11-13-39)27-17-23-15-25(16-24(23)18-30(27)36)33(41)28-19-38-40(34(28)37)31-9-8-26(14-21(31)3)42-32-7-5-4-6-29(32)35/h4-9,14-15,17-20,22H,10-13,16,37H2,1-3H3. The highest BCUT2D eigenvalue weighted by Gasteiger charge is 2.28. The number of halogens is 2. The number of nitrogens with two attached hydrogens (primary N) is 1. The molecule has 1 aliphatic carbocycles. The van der Waals surface area contributed by atoms with Crippen molar-refractivity contribution in [1.82, 2.24) is 14.7 Å². The first-order valence-corrected chi connectivity index (χ1v) is 14.4. The van der Waals surface area contributed by atoms with Gasteiger partial charge in [0, 0.05) is 18.0 Å². The van der Waals surface area contributed by atoms with E-state index in [1.54, 1.807) is 42.5 Å². The predicted molar refractivity (Wildman–Crippen MR) is 160 cm³/mol. The summed E-state index contributed by atoms with van der Waals surface area (Å²) in [6, 6.07) is 15.4. The van der Waals surface area contributed by atoms with E-state index in [0.717, 1.165) is 48.2 Å². The summed E-state index contributed by atoms with van der Waals surface area (Å²) in [7, 11) is 0. The van der Waals surface area contributed by atoms with Crippen LogP contribution in [-0.2, 0) is 6.42 Å². The molecule has 0 unspecified atom stereocenters. The highest BCUT2D eigenvalue weighted by molar-refractivity contribution is 6.15. The second kappa shape index (κ2) is 11.2. The average Bonchev–Trinajstić information content (AvgIpc) is 3.56. The molecule has 4 aromatic rings. The number of piperidine rings is 1. The molecule has 0 atom stereocenters. The first-order chi connectivity index (χ1) is 20.2. The molecule has 3 aromatic carbocycles. The number of nitrogens with zero attached hydrogens (tertiary/aromatic N) is 3. The number of carbonyl (C=O) groups is 1. The molecule has 1 aromatic heterocycles. The number of Topliss-reactive ketones (excluding diaryl/α,β-unsaturated/α-hetero) is 1. The Morgan fingerprint density at radius 2 is 1.81 bits per heavy atom. The number of hydrogen-bond donors (Lipinski definition) is 1. The van der Waals surface area contributed by atoms with Crippen LogP contribution < -0.4 is 10.5 Å². The van der Waals surface area contributed by atoms with Crippen LogP contribution in [0.2, 0.25) is 0 Å². The Morgan fingerprint density at radius 3 is 2.52 bits per heavy atom. The largest absolute Gasteiger partial charge is 0.454 e. The van der Waals surface area contributed by atoms with Crippen LogP contribution in [0.15, 0.2) is 66.4 Å². The summed E-state index contributed by atoms with van der Waals surface area (Å²) < 4.78 is 36.4. The molecular formula is C34H34F2N4O2. The number of benzene rings is 3. The fourth-order valence-corrected chi connectivity index (χ4v) is 6.05. The molecule has 0 spiro atoms. The zero-order valence-corrected chi connectivity index (χ0v) is 24.0. The van der Waals surface area contributed by atoms with Crippen molar-refractivity contribution in [3.8, 4) is 17.2 Å². The van der Waals surface area contributed by atoms with Crippen molar-refractivity contribution in [3.05, 3.63) is 106 Å². The minimum atomic E-state index is -0.451. The molecule has 2 aliphatic rings. The number of ether oxygens (including phenoxy) is 1. The maximum absolute atomic E-state index is 15.2. The Bertz CT molecular complexity index is 1700. The highest BCUT2D eigenvalue weighted by Crippen LogP contribution is 2.37. The third kappa shape index (κ3) is 5.23. The van der Waals surface area contributed by atoms with Gasteiger partial charge in [-0.15, -0.1) is 0 Å². The summed E-state index contributed by atoms with van der Waals surface area (Å²) in [5.41, 5.74) is 11.2. The first-order valence-electron chi connectivity index (χ1n) is 14.4. The summed E-state index contributed by atoms with van der Waals surface area (Å²) in [4.78, 5) is 16.0. The maximum Gasteiger partial charge on any atom is 0.194 e. The number of para-hydroxylation sites is 1. The summed E-state index contributed by atoms with van der Waals surface area (Å²) in [6.07, 6.45) is 5.53. The molecule has 2 N–H and O–H groups in total. The highest BCUT2D eigenvalue weighted by atomic mass is 19.1. The first kappa shape index (κ1) is 27.8. The Labute approximate surface area is 244 Å². The number of anilines is 1. The van der Waals surface area contributed by atoms with Gasteiger partial charge in [-0.2, -0.15) is 5.10 Å². The zero-order valence-electron chi connectivity index (χ0n) is 24.0. The van der Waals surface area contributed by atoms with E-state index in [1.807, 2.05) is 19.1 Å². The van der Waals surface area contributed by atoms with E-state index >= 15 is 4.39 Å². The average molecular weight is 569 g/mol. The molecule has 0 saturated carbocycles. The van der Waals surface area contributed by atoms with Crippen molar-refractivity contribution in [3.63, 3.8) is 0 Å². The van der Waals surface area contributed by atoms with Gasteiger partial charge >= 0.3 is 0 Å². The molecule has 2 heterocycles. The lowest BCUT2D eigenvalue weighted by molar-refractivity contribution is 0.103. The van der Waals surface area contributed by atoms with Crippen LogP contribution in [0, 0.1) is 18.6 Å². The molecule has 0 bridgehead atoms. The summed E-state index contributed by atoms with van der Waals surface area (Å²) in [6.45, 7) is 8.17. The van der Waals surface area contributed by atoms with Gasteiger partial charge in [0.05, 0.1) is 17.4 Å².